The number of carbonyl (C=O) groups excluding carboxylic acids is 3. The van der Waals surface area contributed by atoms with Crippen molar-refractivity contribution in [3.8, 4) is 0 Å². The van der Waals surface area contributed by atoms with E-state index in [1.54, 1.807) is 6.92 Å². The molecule has 1 aliphatic carbocycles. The Balaban J connectivity index is 2.48. The van der Waals surface area contributed by atoms with E-state index in [0.717, 1.165) is 0 Å². The normalized spacial score (nSPS) is 38.0. The lowest BCUT2D eigenvalue weighted by Gasteiger charge is -2.50. The molecule has 1 heterocycles. The molecule has 1 saturated carbocycles. The zero-order valence-corrected chi connectivity index (χ0v) is 12.4. The highest BCUT2D eigenvalue weighted by molar-refractivity contribution is 5.76. The molecular formula is C14H20O6. The summed E-state index contributed by atoms with van der Waals surface area (Å²) in [7, 11) is 0. The molecule has 0 amide bonds. The minimum Gasteiger partial charge on any atom is -0.458 e. The predicted molar refractivity (Wildman–Crippen MR) is 67.6 cm³/mol. The van der Waals surface area contributed by atoms with Crippen LogP contribution >= 0.6 is 0 Å². The van der Waals surface area contributed by atoms with Gasteiger partial charge in [0.2, 0.25) is 0 Å². The standard InChI is InChI=1S/C14H20O6/c1-8(15)18-10-6-14(19-9(2)16)7-11(17)20-13(10,5)12(14,3)4/h10H,6-7H2,1-5H3/t10-,13+,14-/m0/s1. The summed E-state index contributed by atoms with van der Waals surface area (Å²) in [6, 6.07) is 0. The Morgan fingerprint density at radius 3 is 2.30 bits per heavy atom. The zero-order chi connectivity index (χ0) is 15.3. The molecule has 0 aromatic heterocycles. The van der Waals surface area contributed by atoms with Crippen LogP contribution in [-0.4, -0.2) is 35.2 Å². The highest BCUT2D eigenvalue weighted by atomic mass is 16.6. The minimum atomic E-state index is -1.01. The Bertz CT molecular complexity index is 478. The van der Waals surface area contributed by atoms with Gasteiger partial charge in [0.1, 0.15) is 11.7 Å². The van der Waals surface area contributed by atoms with Crippen molar-refractivity contribution in [2.24, 2.45) is 5.41 Å². The van der Waals surface area contributed by atoms with Crippen molar-refractivity contribution in [3.63, 3.8) is 0 Å². The smallest absolute Gasteiger partial charge is 0.310 e. The van der Waals surface area contributed by atoms with Crippen LogP contribution in [0.15, 0.2) is 0 Å². The van der Waals surface area contributed by atoms with Crippen LogP contribution in [0.4, 0.5) is 0 Å². The molecule has 0 N–H and O–H groups in total. The molecule has 1 aliphatic heterocycles. The summed E-state index contributed by atoms with van der Waals surface area (Å²) in [6.45, 7) is 8.07. The summed E-state index contributed by atoms with van der Waals surface area (Å²) in [5.41, 5.74) is -2.66. The van der Waals surface area contributed by atoms with Gasteiger partial charge in [-0.05, 0) is 6.92 Å². The number of esters is 3. The van der Waals surface area contributed by atoms with E-state index in [1.807, 2.05) is 13.8 Å². The Kier molecular flexibility index (Phi) is 3.11. The maximum atomic E-state index is 11.9. The van der Waals surface area contributed by atoms with Gasteiger partial charge in [0.05, 0.1) is 6.42 Å². The maximum Gasteiger partial charge on any atom is 0.310 e. The first-order valence-electron chi connectivity index (χ1n) is 6.63. The van der Waals surface area contributed by atoms with Crippen LogP contribution in [0, 0.1) is 5.41 Å². The van der Waals surface area contributed by atoms with Crippen LogP contribution in [0.1, 0.15) is 47.5 Å². The fraction of sp³-hybridized carbons (Fsp3) is 0.786. The Morgan fingerprint density at radius 1 is 1.20 bits per heavy atom. The van der Waals surface area contributed by atoms with E-state index in [9.17, 15) is 14.4 Å². The molecule has 0 unspecified atom stereocenters. The molecule has 112 valence electrons. The Morgan fingerprint density at radius 2 is 1.80 bits per heavy atom. The first kappa shape index (κ1) is 14.8. The molecule has 3 atom stereocenters. The van der Waals surface area contributed by atoms with Crippen LogP contribution in [0.25, 0.3) is 0 Å². The van der Waals surface area contributed by atoms with Gasteiger partial charge in [-0.3, -0.25) is 14.4 Å². The molecule has 0 aromatic rings. The summed E-state index contributed by atoms with van der Waals surface area (Å²) < 4.78 is 16.3. The predicted octanol–water partition coefficient (Wildman–Crippen LogP) is 1.36. The third-order valence-electron chi connectivity index (χ3n) is 4.91. The highest BCUT2D eigenvalue weighted by Gasteiger charge is 2.74. The molecule has 6 nitrogen and oxygen atoms in total. The number of ether oxygens (including phenoxy) is 3. The lowest BCUT2D eigenvalue weighted by atomic mass is 9.67. The van der Waals surface area contributed by atoms with Crippen molar-refractivity contribution in [1.82, 2.24) is 0 Å². The van der Waals surface area contributed by atoms with E-state index in [2.05, 4.69) is 0 Å². The van der Waals surface area contributed by atoms with E-state index in [0.29, 0.717) is 0 Å². The summed E-state index contributed by atoms with van der Waals surface area (Å²) in [5.74, 6) is -1.35. The van der Waals surface area contributed by atoms with E-state index < -0.39 is 40.6 Å². The van der Waals surface area contributed by atoms with Gasteiger partial charge < -0.3 is 14.2 Å². The molecule has 6 heteroatoms. The summed E-state index contributed by atoms with van der Waals surface area (Å²) in [4.78, 5) is 34.6. The van der Waals surface area contributed by atoms with Crippen LogP contribution in [0.3, 0.4) is 0 Å². The molecule has 1 saturated heterocycles. The van der Waals surface area contributed by atoms with Gasteiger partial charge in [0, 0.05) is 25.7 Å². The Hall–Kier alpha value is -1.59. The molecule has 0 aromatic carbocycles. The van der Waals surface area contributed by atoms with Crippen molar-refractivity contribution >= 4 is 17.9 Å². The molecular weight excluding hydrogens is 264 g/mol. The largest absolute Gasteiger partial charge is 0.458 e. The van der Waals surface area contributed by atoms with Gasteiger partial charge in [-0.2, -0.15) is 0 Å². The van der Waals surface area contributed by atoms with E-state index in [-0.39, 0.29) is 12.8 Å². The van der Waals surface area contributed by atoms with Crippen molar-refractivity contribution in [2.75, 3.05) is 0 Å². The van der Waals surface area contributed by atoms with Crippen molar-refractivity contribution in [3.05, 3.63) is 0 Å². The third-order valence-corrected chi connectivity index (χ3v) is 4.91. The summed E-state index contributed by atoms with van der Waals surface area (Å²) >= 11 is 0. The fourth-order valence-electron chi connectivity index (χ4n) is 3.43. The van der Waals surface area contributed by atoms with Crippen LogP contribution < -0.4 is 0 Å². The SMILES string of the molecule is CC(=O)O[C@H]1C[C@]2(OC(C)=O)CC(=O)O[C@@]1(C)C2(C)C. The van der Waals surface area contributed by atoms with Crippen LogP contribution in [-0.2, 0) is 28.6 Å². The van der Waals surface area contributed by atoms with Crippen molar-refractivity contribution < 1.29 is 28.6 Å². The minimum absolute atomic E-state index is 0.0209. The zero-order valence-electron chi connectivity index (χ0n) is 12.4. The number of carbonyl (C=O) groups is 3. The van der Waals surface area contributed by atoms with Gasteiger partial charge in [0.15, 0.2) is 5.60 Å². The fourth-order valence-corrected chi connectivity index (χ4v) is 3.43. The third kappa shape index (κ3) is 1.81. The Labute approximate surface area is 117 Å². The average Bonchev–Trinajstić information content (AvgIpc) is 2.34. The van der Waals surface area contributed by atoms with E-state index >= 15 is 0 Å². The first-order chi connectivity index (χ1) is 9.04. The van der Waals surface area contributed by atoms with E-state index in [1.165, 1.54) is 13.8 Å². The van der Waals surface area contributed by atoms with Gasteiger partial charge in [-0.15, -0.1) is 0 Å². The molecule has 2 rings (SSSR count). The van der Waals surface area contributed by atoms with Gasteiger partial charge >= 0.3 is 17.9 Å². The molecule has 0 radical (unpaired) electrons. The van der Waals surface area contributed by atoms with E-state index in [4.69, 9.17) is 14.2 Å². The monoisotopic (exact) mass is 284 g/mol. The molecule has 2 aliphatic rings. The first-order valence-corrected chi connectivity index (χ1v) is 6.63. The number of hydrogen-bond acceptors (Lipinski definition) is 6. The van der Waals surface area contributed by atoms with Gasteiger partial charge in [0.25, 0.3) is 0 Å². The second-order valence-electron chi connectivity index (χ2n) is 6.27. The number of fused-ring (bicyclic) bond motifs is 2. The highest BCUT2D eigenvalue weighted by Crippen LogP contribution is 2.61. The number of hydrogen-bond donors (Lipinski definition) is 0. The van der Waals surface area contributed by atoms with Crippen LogP contribution in [0.5, 0.6) is 0 Å². The quantitative estimate of drug-likeness (QED) is 0.562. The lowest BCUT2D eigenvalue weighted by molar-refractivity contribution is -0.228. The summed E-state index contributed by atoms with van der Waals surface area (Å²) in [6.07, 6.45) is -0.380. The van der Waals surface area contributed by atoms with Crippen LogP contribution in [0.2, 0.25) is 0 Å². The van der Waals surface area contributed by atoms with Gasteiger partial charge in [-0.25, -0.2) is 0 Å². The lowest BCUT2D eigenvalue weighted by Crippen LogP contribution is -2.61. The maximum absolute atomic E-state index is 11.9. The topological polar surface area (TPSA) is 78.9 Å². The molecule has 0 spiro atoms. The molecule has 20 heavy (non-hydrogen) atoms. The average molecular weight is 284 g/mol. The second kappa shape index (κ2) is 4.20. The molecule has 2 bridgehead atoms. The summed E-state index contributed by atoms with van der Waals surface area (Å²) in [5, 5.41) is 0. The van der Waals surface area contributed by atoms with Gasteiger partial charge in [-0.1, -0.05) is 13.8 Å². The number of rotatable bonds is 2. The second-order valence-corrected chi connectivity index (χ2v) is 6.27. The van der Waals surface area contributed by atoms with Crippen molar-refractivity contribution in [2.45, 2.75) is 64.8 Å². The van der Waals surface area contributed by atoms with Crippen molar-refractivity contribution in [1.29, 1.82) is 0 Å². The molecule has 2 fully saturated rings.